The highest BCUT2D eigenvalue weighted by Gasteiger charge is 2.06. The van der Waals surface area contributed by atoms with Gasteiger partial charge in [-0.25, -0.2) is 9.59 Å². The van der Waals surface area contributed by atoms with Crippen LogP contribution in [0.1, 0.15) is 6.92 Å². The third-order valence-corrected chi connectivity index (χ3v) is 2.94. The molecular weight excluding hydrogens is 278 g/mol. The summed E-state index contributed by atoms with van der Waals surface area (Å²) in [5, 5.41) is 2.59. The number of esters is 1. The third-order valence-electron chi connectivity index (χ3n) is 2.21. The lowest BCUT2D eigenvalue weighted by Crippen LogP contribution is -2.18. The van der Waals surface area contributed by atoms with Crippen molar-refractivity contribution in [2.45, 2.75) is 11.8 Å². The summed E-state index contributed by atoms with van der Waals surface area (Å²) in [7, 11) is 0. The molecule has 0 spiro atoms. The number of ether oxygens (including phenoxy) is 2. The Hall–Kier alpha value is -1.95. The first-order chi connectivity index (χ1) is 9.52. The number of rotatable bonds is 6. The van der Waals surface area contributed by atoms with Crippen LogP contribution in [0.2, 0.25) is 0 Å². The van der Waals surface area contributed by atoms with Crippen molar-refractivity contribution in [1.82, 2.24) is 0 Å². The first-order valence-electron chi connectivity index (χ1n) is 5.93. The van der Waals surface area contributed by atoms with Gasteiger partial charge in [-0.15, -0.1) is 11.8 Å². The first kappa shape index (κ1) is 16.1. The number of hydrogen-bond acceptors (Lipinski definition) is 5. The van der Waals surface area contributed by atoms with E-state index < -0.39 is 12.1 Å². The Balaban J connectivity index is 2.29. The molecule has 0 saturated carbocycles. The molecule has 0 aromatic heterocycles. The Kier molecular flexibility index (Phi) is 6.66. The van der Waals surface area contributed by atoms with Crippen LogP contribution in [-0.4, -0.2) is 31.5 Å². The van der Waals surface area contributed by atoms with Crippen LogP contribution in [0.5, 0.6) is 0 Å². The van der Waals surface area contributed by atoms with E-state index in [9.17, 15) is 9.59 Å². The number of carbonyl (C=O) groups excluding carboxylic acids is 2. The quantitative estimate of drug-likeness (QED) is 0.378. The second kappa shape index (κ2) is 8.27. The summed E-state index contributed by atoms with van der Waals surface area (Å²) < 4.78 is 9.68. The Morgan fingerprint density at radius 1 is 1.30 bits per heavy atom. The van der Waals surface area contributed by atoms with E-state index in [0.29, 0.717) is 11.3 Å². The van der Waals surface area contributed by atoms with Gasteiger partial charge in [0.2, 0.25) is 0 Å². The predicted molar refractivity (Wildman–Crippen MR) is 79.0 cm³/mol. The molecule has 1 aromatic rings. The van der Waals surface area contributed by atoms with Crippen LogP contribution in [0, 0.1) is 0 Å². The van der Waals surface area contributed by atoms with Crippen LogP contribution in [0.15, 0.2) is 41.3 Å². The summed E-state index contributed by atoms with van der Waals surface area (Å²) in [4.78, 5) is 23.6. The lowest BCUT2D eigenvalue weighted by molar-refractivity contribution is -0.139. The molecule has 0 unspecified atom stereocenters. The topological polar surface area (TPSA) is 64.6 Å². The zero-order valence-electron chi connectivity index (χ0n) is 11.5. The van der Waals surface area contributed by atoms with Crippen LogP contribution >= 0.6 is 11.8 Å². The van der Waals surface area contributed by atoms with E-state index >= 15 is 0 Å². The Morgan fingerprint density at radius 2 is 2.00 bits per heavy atom. The molecule has 0 atom stereocenters. The third kappa shape index (κ3) is 5.79. The van der Waals surface area contributed by atoms with Crippen molar-refractivity contribution in [1.29, 1.82) is 0 Å². The molecule has 0 bridgehead atoms. The van der Waals surface area contributed by atoms with E-state index in [-0.39, 0.29) is 13.2 Å². The summed E-state index contributed by atoms with van der Waals surface area (Å²) >= 11 is 1.58. The maximum absolute atomic E-state index is 11.5. The average Bonchev–Trinajstić information content (AvgIpc) is 2.43. The number of thioether (sulfide) groups is 1. The zero-order chi connectivity index (χ0) is 15.0. The zero-order valence-corrected chi connectivity index (χ0v) is 12.3. The molecule has 6 heteroatoms. The van der Waals surface area contributed by atoms with Gasteiger partial charge in [0.15, 0.2) is 0 Å². The van der Waals surface area contributed by atoms with Crippen molar-refractivity contribution < 1.29 is 19.1 Å². The van der Waals surface area contributed by atoms with Crippen molar-refractivity contribution in [2.75, 3.05) is 24.8 Å². The number of anilines is 1. The highest BCUT2D eigenvalue weighted by atomic mass is 32.2. The van der Waals surface area contributed by atoms with Gasteiger partial charge in [-0.3, -0.25) is 5.32 Å². The number of hydrogen-bond donors (Lipinski definition) is 1. The van der Waals surface area contributed by atoms with Gasteiger partial charge in [0.1, 0.15) is 13.2 Å². The first-order valence-corrected chi connectivity index (χ1v) is 7.16. The fourth-order valence-corrected chi connectivity index (χ4v) is 1.71. The SMILES string of the molecule is C=C(C)C(=O)OCCOC(=O)Nc1cccc(SC)c1. The van der Waals surface area contributed by atoms with E-state index in [4.69, 9.17) is 9.47 Å². The van der Waals surface area contributed by atoms with Crippen molar-refractivity contribution in [3.63, 3.8) is 0 Å². The van der Waals surface area contributed by atoms with E-state index in [1.807, 2.05) is 24.5 Å². The average molecular weight is 295 g/mol. The molecule has 1 aromatic carbocycles. The van der Waals surface area contributed by atoms with Crippen LogP contribution in [-0.2, 0) is 14.3 Å². The molecule has 0 radical (unpaired) electrons. The number of nitrogens with one attached hydrogen (secondary N) is 1. The molecule has 20 heavy (non-hydrogen) atoms. The minimum Gasteiger partial charge on any atom is -0.459 e. The number of carbonyl (C=O) groups is 2. The Bertz CT molecular complexity index is 502. The normalized spacial score (nSPS) is 9.70. The summed E-state index contributed by atoms with van der Waals surface area (Å²) in [5.41, 5.74) is 0.962. The van der Waals surface area contributed by atoms with Crippen LogP contribution in [0.4, 0.5) is 10.5 Å². The number of benzene rings is 1. The van der Waals surface area contributed by atoms with Gasteiger partial charge < -0.3 is 9.47 Å². The molecule has 0 aliphatic rings. The highest BCUT2D eigenvalue weighted by Crippen LogP contribution is 2.18. The van der Waals surface area contributed by atoms with Gasteiger partial charge in [-0.1, -0.05) is 12.6 Å². The van der Waals surface area contributed by atoms with E-state index in [2.05, 4.69) is 11.9 Å². The second-order valence-corrected chi connectivity index (χ2v) is 4.79. The van der Waals surface area contributed by atoms with Gasteiger partial charge in [0.05, 0.1) is 0 Å². The molecule has 5 nitrogen and oxygen atoms in total. The Labute approximate surface area is 122 Å². The fourth-order valence-electron chi connectivity index (χ4n) is 1.25. The smallest absolute Gasteiger partial charge is 0.411 e. The van der Waals surface area contributed by atoms with Gasteiger partial charge in [0.25, 0.3) is 0 Å². The second-order valence-electron chi connectivity index (χ2n) is 3.91. The molecule has 1 rings (SSSR count). The maximum Gasteiger partial charge on any atom is 0.411 e. The maximum atomic E-state index is 11.5. The predicted octanol–water partition coefficient (Wildman–Crippen LogP) is 3.08. The van der Waals surface area contributed by atoms with Crippen LogP contribution in [0.25, 0.3) is 0 Å². The lowest BCUT2D eigenvalue weighted by Gasteiger charge is -2.08. The van der Waals surface area contributed by atoms with Crippen molar-refractivity contribution in [3.8, 4) is 0 Å². The molecule has 0 heterocycles. The Morgan fingerprint density at radius 3 is 2.65 bits per heavy atom. The van der Waals surface area contributed by atoms with Crippen molar-refractivity contribution in [3.05, 3.63) is 36.4 Å². The minimum absolute atomic E-state index is 0.00393. The fraction of sp³-hybridized carbons (Fsp3) is 0.286. The van der Waals surface area contributed by atoms with E-state index in [1.165, 1.54) is 0 Å². The molecule has 0 aliphatic carbocycles. The van der Waals surface area contributed by atoms with Gasteiger partial charge in [-0.2, -0.15) is 0 Å². The van der Waals surface area contributed by atoms with E-state index in [0.717, 1.165) is 4.90 Å². The van der Waals surface area contributed by atoms with Gasteiger partial charge in [0, 0.05) is 16.2 Å². The summed E-state index contributed by atoms with van der Waals surface area (Å²) in [6, 6.07) is 7.39. The minimum atomic E-state index is -0.588. The lowest BCUT2D eigenvalue weighted by atomic mass is 10.3. The molecule has 1 amide bonds. The van der Waals surface area contributed by atoms with Crippen LogP contribution in [0.3, 0.4) is 0 Å². The molecular formula is C14H17NO4S. The molecule has 0 aliphatic heterocycles. The number of amides is 1. The molecule has 1 N–H and O–H groups in total. The highest BCUT2D eigenvalue weighted by molar-refractivity contribution is 7.98. The monoisotopic (exact) mass is 295 g/mol. The van der Waals surface area contributed by atoms with E-state index in [1.54, 1.807) is 24.8 Å². The van der Waals surface area contributed by atoms with Crippen molar-refractivity contribution in [2.24, 2.45) is 0 Å². The summed E-state index contributed by atoms with van der Waals surface area (Å²) in [6.07, 6.45) is 1.36. The van der Waals surface area contributed by atoms with Gasteiger partial charge in [-0.05, 0) is 31.4 Å². The van der Waals surface area contributed by atoms with Crippen molar-refractivity contribution >= 4 is 29.5 Å². The van der Waals surface area contributed by atoms with Gasteiger partial charge >= 0.3 is 12.1 Å². The molecule has 0 fully saturated rings. The summed E-state index contributed by atoms with van der Waals surface area (Å²) in [5.74, 6) is -0.498. The standard InChI is InChI=1S/C14H17NO4S/c1-10(2)13(16)18-7-8-19-14(17)15-11-5-4-6-12(9-11)20-3/h4-6,9H,1,7-8H2,2-3H3,(H,15,17). The summed E-state index contributed by atoms with van der Waals surface area (Å²) in [6.45, 7) is 4.99. The molecule has 108 valence electrons. The molecule has 0 saturated heterocycles. The van der Waals surface area contributed by atoms with Crippen LogP contribution < -0.4 is 5.32 Å². The largest absolute Gasteiger partial charge is 0.459 e.